The van der Waals surface area contributed by atoms with Gasteiger partial charge in [0.2, 0.25) is 0 Å². The van der Waals surface area contributed by atoms with Gasteiger partial charge in [-0.1, -0.05) is 34.8 Å². The number of ether oxygens (including phenoxy) is 1. The molecule has 3 atom stereocenters. The summed E-state index contributed by atoms with van der Waals surface area (Å²) < 4.78 is 152. The van der Waals surface area contributed by atoms with Gasteiger partial charge in [0.25, 0.3) is 0 Å². The number of esters is 1. The highest BCUT2D eigenvalue weighted by atomic mass is 35.5. The molecule has 2 nitrogen and oxygen atoms in total. The summed E-state index contributed by atoms with van der Waals surface area (Å²) in [5, 5.41) is -25.6. The average molecular weight is 508 g/mol. The molecule has 0 N–H and O–H groups in total. The van der Waals surface area contributed by atoms with Gasteiger partial charge in [0, 0.05) is 0 Å². The third kappa shape index (κ3) is 3.73. The smallest absolute Gasteiger partial charge is 0.395 e. The highest BCUT2D eigenvalue weighted by molar-refractivity contribution is 6.34. The Hall–Kier alpha value is -0.140. The first kappa shape index (κ1) is 26.9. The van der Waals surface area contributed by atoms with Crippen molar-refractivity contribution in [3.8, 4) is 0 Å². The molecule has 0 amide bonds. The van der Waals surface area contributed by atoms with Gasteiger partial charge in [-0.2, -0.15) is 35.1 Å². The standard InChI is InChI=1S/C10H5Cl4F11O2/c1-2-27-3(26)4(15,16)5(11,17)8(20,21)6(12,18)9(22,23)7(13,19)10(14,24)25/h2H2,1H3. The van der Waals surface area contributed by atoms with E-state index >= 15 is 0 Å². The van der Waals surface area contributed by atoms with Gasteiger partial charge in [-0.3, -0.25) is 0 Å². The molecular formula is C10H5Cl4F11O2. The summed E-state index contributed by atoms with van der Waals surface area (Å²) in [6, 6.07) is 0. The lowest BCUT2D eigenvalue weighted by Crippen LogP contribution is -2.72. The number of carbonyl (C=O) groups excluding carboxylic acids is 1. The van der Waals surface area contributed by atoms with Crippen molar-refractivity contribution in [1.29, 1.82) is 0 Å². The number of rotatable bonds is 8. The predicted octanol–water partition coefficient (Wildman–Crippen LogP) is 6.00. The normalized spacial score (nSPS) is 21.0. The molecule has 0 saturated heterocycles. The number of carbonyl (C=O) groups is 1. The van der Waals surface area contributed by atoms with Gasteiger partial charge in [0.05, 0.1) is 6.61 Å². The van der Waals surface area contributed by atoms with Crippen LogP contribution in [0.15, 0.2) is 0 Å². The molecule has 0 aromatic heterocycles. The van der Waals surface area contributed by atoms with E-state index in [1.165, 1.54) is 0 Å². The van der Waals surface area contributed by atoms with Crippen LogP contribution in [0.5, 0.6) is 0 Å². The highest BCUT2D eigenvalue weighted by Gasteiger charge is 2.90. The second-order valence-electron chi connectivity index (χ2n) is 4.66. The second-order valence-corrected chi connectivity index (χ2v) is 6.70. The molecule has 0 aromatic rings. The lowest BCUT2D eigenvalue weighted by Gasteiger charge is -2.43. The number of hydrogen-bond acceptors (Lipinski definition) is 2. The molecule has 0 aliphatic carbocycles. The Morgan fingerprint density at radius 1 is 0.704 bits per heavy atom. The zero-order chi connectivity index (χ0) is 22.5. The van der Waals surface area contributed by atoms with E-state index in [0.29, 0.717) is 0 Å². The lowest BCUT2D eigenvalue weighted by atomic mass is 9.94. The van der Waals surface area contributed by atoms with E-state index in [-0.39, 0.29) is 0 Å². The molecule has 0 radical (unpaired) electrons. The van der Waals surface area contributed by atoms with Gasteiger partial charge in [0.1, 0.15) is 0 Å². The van der Waals surface area contributed by atoms with E-state index in [9.17, 15) is 53.1 Å². The topological polar surface area (TPSA) is 26.3 Å². The fourth-order valence-corrected chi connectivity index (χ4v) is 2.13. The van der Waals surface area contributed by atoms with Gasteiger partial charge in [-0.05, 0) is 18.5 Å². The number of alkyl halides is 15. The first-order valence-electron chi connectivity index (χ1n) is 5.99. The number of halogens is 15. The summed E-state index contributed by atoms with van der Waals surface area (Å²) in [5.74, 6) is -23.7. The Kier molecular flexibility index (Phi) is 7.24. The highest BCUT2D eigenvalue weighted by Crippen LogP contribution is 2.64. The molecule has 3 unspecified atom stereocenters. The predicted molar refractivity (Wildman–Crippen MR) is 71.3 cm³/mol. The van der Waals surface area contributed by atoms with Crippen LogP contribution in [0.25, 0.3) is 0 Å². The molecule has 162 valence electrons. The Morgan fingerprint density at radius 2 is 1.04 bits per heavy atom. The van der Waals surface area contributed by atoms with E-state index in [4.69, 9.17) is 0 Å². The van der Waals surface area contributed by atoms with Gasteiger partial charge in [0.15, 0.2) is 0 Å². The summed E-state index contributed by atoms with van der Waals surface area (Å²) in [4.78, 5) is 10.9. The summed E-state index contributed by atoms with van der Waals surface area (Å²) >= 11 is 15.9. The first-order valence-corrected chi connectivity index (χ1v) is 7.50. The fourth-order valence-electron chi connectivity index (χ4n) is 1.32. The summed E-state index contributed by atoms with van der Waals surface area (Å²) in [6.45, 7) is -0.193. The van der Waals surface area contributed by atoms with E-state index in [1.54, 1.807) is 0 Å². The van der Waals surface area contributed by atoms with Gasteiger partial charge < -0.3 is 4.74 Å². The van der Waals surface area contributed by atoms with Gasteiger partial charge in [-0.25, -0.2) is 18.0 Å². The molecule has 27 heavy (non-hydrogen) atoms. The first-order chi connectivity index (χ1) is 11.5. The van der Waals surface area contributed by atoms with Gasteiger partial charge >= 0.3 is 44.5 Å². The summed E-state index contributed by atoms with van der Waals surface area (Å²) in [6.07, 6.45) is 0. The largest absolute Gasteiger partial charge is 0.461 e. The Morgan fingerprint density at radius 3 is 1.33 bits per heavy atom. The minimum atomic E-state index is -7.16. The quantitative estimate of drug-likeness (QED) is 0.229. The molecule has 0 fully saturated rings. The van der Waals surface area contributed by atoms with Gasteiger partial charge in [-0.15, -0.1) is 0 Å². The van der Waals surface area contributed by atoms with E-state index in [0.717, 1.165) is 6.92 Å². The summed E-state index contributed by atoms with van der Waals surface area (Å²) in [7, 11) is 0. The van der Waals surface area contributed by atoms with E-state index in [2.05, 4.69) is 51.1 Å². The second kappa shape index (κ2) is 7.28. The minimum absolute atomic E-state index is 0.808. The summed E-state index contributed by atoms with van der Waals surface area (Å²) in [5.41, 5.74) is 0. The maximum Gasteiger partial charge on any atom is 0.395 e. The van der Waals surface area contributed by atoms with Crippen LogP contribution in [0.4, 0.5) is 48.3 Å². The zero-order valence-corrected chi connectivity index (χ0v) is 15.2. The maximum atomic E-state index is 13.9. The van der Waals surface area contributed by atoms with Crippen LogP contribution in [-0.2, 0) is 9.53 Å². The van der Waals surface area contributed by atoms with Crippen LogP contribution in [-0.4, -0.2) is 51.1 Å². The molecule has 0 spiro atoms. The van der Waals surface area contributed by atoms with Crippen molar-refractivity contribution in [2.75, 3.05) is 6.61 Å². The molecule has 17 heteroatoms. The van der Waals surface area contributed by atoms with Crippen molar-refractivity contribution in [2.45, 2.75) is 45.5 Å². The van der Waals surface area contributed by atoms with Crippen LogP contribution >= 0.6 is 46.4 Å². The third-order valence-electron chi connectivity index (χ3n) is 2.86. The van der Waals surface area contributed by atoms with E-state index in [1.807, 2.05) is 0 Å². The van der Waals surface area contributed by atoms with Crippen LogP contribution in [0.1, 0.15) is 6.92 Å². The van der Waals surface area contributed by atoms with Crippen molar-refractivity contribution >= 4 is 52.4 Å². The van der Waals surface area contributed by atoms with Crippen molar-refractivity contribution in [3.63, 3.8) is 0 Å². The van der Waals surface area contributed by atoms with Crippen molar-refractivity contribution in [1.82, 2.24) is 0 Å². The Bertz CT molecular complexity index is 574. The molecule has 0 aliphatic heterocycles. The lowest BCUT2D eigenvalue weighted by molar-refractivity contribution is -0.305. The molecule has 0 saturated carbocycles. The SMILES string of the molecule is CCOC(=O)C(F)(F)C(F)(Cl)C(F)(F)C(F)(Cl)C(F)(F)C(F)(Cl)C(F)(F)Cl. The van der Waals surface area contributed by atoms with E-state index < -0.39 is 51.1 Å². The Labute approximate surface area is 162 Å². The van der Waals surface area contributed by atoms with Crippen LogP contribution in [0.3, 0.4) is 0 Å². The minimum Gasteiger partial charge on any atom is -0.461 e. The zero-order valence-electron chi connectivity index (χ0n) is 12.2. The molecule has 0 aliphatic rings. The average Bonchev–Trinajstić information content (AvgIpc) is 2.45. The van der Waals surface area contributed by atoms with Crippen molar-refractivity contribution in [2.24, 2.45) is 0 Å². The monoisotopic (exact) mass is 506 g/mol. The fraction of sp³-hybridized carbons (Fsp3) is 0.900. The number of hydrogen-bond donors (Lipinski definition) is 0. The molecule has 0 bridgehead atoms. The molecule has 0 heterocycles. The van der Waals surface area contributed by atoms with Crippen molar-refractivity contribution in [3.05, 3.63) is 0 Å². The van der Waals surface area contributed by atoms with Crippen LogP contribution in [0.2, 0.25) is 0 Å². The Balaban J connectivity index is 6.51. The van der Waals surface area contributed by atoms with Crippen LogP contribution in [0, 0.1) is 0 Å². The molecular weight excluding hydrogens is 503 g/mol. The van der Waals surface area contributed by atoms with Crippen LogP contribution < -0.4 is 0 Å². The molecule has 0 rings (SSSR count). The maximum absolute atomic E-state index is 13.9. The molecule has 0 aromatic carbocycles. The third-order valence-corrected chi connectivity index (χ3v) is 4.64. The van der Waals surface area contributed by atoms with Crippen molar-refractivity contribution < 1.29 is 57.8 Å².